The minimum atomic E-state index is -0.896. The lowest BCUT2D eigenvalue weighted by atomic mass is 9.84. The lowest BCUT2D eigenvalue weighted by molar-refractivity contribution is -0.123. The van der Waals surface area contributed by atoms with Crippen molar-refractivity contribution in [3.05, 3.63) is 168 Å². The number of anilines is 1. The molecule has 1 aliphatic rings. The fraction of sp³-hybridized carbons (Fsp3) is 0.200. The van der Waals surface area contributed by atoms with E-state index in [0.717, 1.165) is 64.2 Å². The van der Waals surface area contributed by atoms with Crippen LogP contribution in [0.25, 0.3) is 21.8 Å². The minimum absolute atomic E-state index is 0.0833. The molecular formula is C45H42N4O3. The molecule has 0 saturated heterocycles. The van der Waals surface area contributed by atoms with Gasteiger partial charge in [-0.3, -0.25) is 14.5 Å². The summed E-state index contributed by atoms with van der Waals surface area (Å²) in [4.78, 5) is 37.9. The fourth-order valence-electron chi connectivity index (χ4n) is 7.85. The lowest BCUT2D eigenvalue weighted by Gasteiger charge is -2.33. The number of aromatic nitrogens is 2. The Kier molecular flexibility index (Phi) is 9.32. The second kappa shape index (κ2) is 14.6. The highest BCUT2D eigenvalue weighted by Crippen LogP contribution is 2.40. The van der Waals surface area contributed by atoms with Gasteiger partial charge in [-0.15, -0.1) is 0 Å². The van der Waals surface area contributed by atoms with E-state index in [0.29, 0.717) is 22.6 Å². The molecule has 52 heavy (non-hydrogen) atoms. The van der Waals surface area contributed by atoms with Gasteiger partial charge >= 0.3 is 0 Å². The maximum Gasteiger partial charge on any atom is 0.259 e. The quantitative estimate of drug-likeness (QED) is 0.134. The van der Waals surface area contributed by atoms with Gasteiger partial charge < -0.3 is 20.0 Å². The van der Waals surface area contributed by atoms with Crippen LogP contribution in [0.1, 0.15) is 76.7 Å². The first kappa shape index (κ1) is 33.1. The molecule has 3 N–H and O–H groups in total. The zero-order chi connectivity index (χ0) is 35.4. The molecule has 2 heterocycles. The molecule has 1 fully saturated rings. The van der Waals surface area contributed by atoms with E-state index in [-0.39, 0.29) is 23.8 Å². The van der Waals surface area contributed by atoms with Crippen LogP contribution in [0, 0.1) is 0 Å². The normalized spacial score (nSPS) is 14.0. The highest BCUT2D eigenvalue weighted by Gasteiger charge is 2.35. The van der Waals surface area contributed by atoms with Gasteiger partial charge in [0.05, 0.1) is 7.11 Å². The van der Waals surface area contributed by atoms with Crippen molar-refractivity contribution in [1.82, 2.24) is 15.3 Å². The number of hydrogen-bond donors (Lipinski definition) is 3. The number of carbonyl (C=O) groups is 2. The van der Waals surface area contributed by atoms with E-state index in [1.807, 2.05) is 78.9 Å². The number of benzene rings is 5. The second-order valence-electron chi connectivity index (χ2n) is 13.7. The number of H-pyrrole nitrogens is 2. The van der Waals surface area contributed by atoms with Gasteiger partial charge in [-0.05, 0) is 83.6 Å². The molecule has 2 amide bonds. The number of fused-ring (bicyclic) bond motifs is 2. The van der Waals surface area contributed by atoms with Gasteiger partial charge in [0.1, 0.15) is 11.8 Å². The number of para-hydroxylation sites is 3. The predicted octanol–water partition coefficient (Wildman–Crippen LogP) is 9.67. The monoisotopic (exact) mass is 686 g/mol. The molecule has 7 aromatic rings. The molecule has 1 aliphatic carbocycles. The maximum atomic E-state index is 14.9. The number of nitrogens with one attached hydrogen (secondary N) is 3. The third kappa shape index (κ3) is 6.46. The van der Waals surface area contributed by atoms with Gasteiger partial charge in [-0.1, -0.05) is 98.1 Å². The van der Waals surface area contributed by atoms with Crippen LogP contribution in [-0.2, 0) is 4.79 Å². The van der Waals surface area contributed by atoms with Crippen LogP contribution < -0.4 is 15.0 Å². The smallest absolute Gasteiger partial charge is 0.259 e. The Morgan fingerprint density at radius 2 is 1.23 bits per heavy atom. The van der Waals surface area contributed by atoms with Crippen molar-refractivity contribution >= 4 is 39.3 Å². The van der Waals surface area contributed by atoms with Gasteiger partial charge in [-0.25, -0.2) is 0 Å². The van der Waals surface area contributed by atoms with E-state index in [2.05, 4.69) is 76.2 Å². The Morgan fingerprint density at radius 1 is 0.673 bits per heavy atom. The van der Waals surface area contributed by atoms with Gasteiger partial charge in [0.25, 0.3) is 5.91 Å². The zero-order valence-corrected chi connectivity index (χ0v) is 29.2. The highest BCUT2D eigenvalue weighted by atomic mass is 16.5. The SMILES string of the molecule is COc1ccc(C(C(=O)NC2CCCCC2)N(C(=O)c2ccc(C(c3c[nH]c4ccccc34)c3c[nH]c4ccccc34)cc2)c2ccccc2)cc1. The number of ether oxygens (including phenoxy) is 1. The summed E-state index contributed by atoms with van der Waals surface area (Å²) in [6.07, 6.45) is 9.43. The number of methoxy groups -OCH3 is 1. The van der Waals surface area contributed by atoms with E-state index in [9.17, 15) is 9.59 Å². The van der Waals surface area contributed by atoms with Gasteiger partial charge in [0, 0.05) is 57.4 Å². The van der Waals surface area contributed by atoms with Crippen molar-refractivity contribution in [3.8, 4) is 5.75 Å². The number of nitrogens with zero attached hydrogens (tertiary/aromatic N) is 1. The summed E-state index contributed by atoms with van der Waals surface area (Å²) in [6, 6.07) is 40.7. The highest BCUT2D eigenvalue weighted by molar-refractivity contribution is 6.10. The third-order valence-electron chi connectivity index (χ3n) is 10.5. The van der Waals surface area contributed by atoms with Crippen molar-refractivity contribution in [1.29, 1.82) is 0 Å². The summed E-state index contributed by atoms with van der Waals surface area (Å²) in [5.41, 5.74) is 7.36. The fourth-order valence-corrected chi connectivity index (χ4v) is 7.85. The molecule has 0 bridgehead atoms. The molecule has 7 heteroatoms. The molecular weight excluding hydrogens is 645 g/mol. The van der Waals surface area contributed by atoms with Crippen molar-refractivity contribution in [3.63, 3.8) is 0 Å². The molecule has 1 saturated carbocycles. The Bertz CT molecular complexity index is 2230. The molecule has 7 nitrogen and oxygen atoms in total. The van der Waals surface area contributed by atoms with Crippen LogP contribution in [-0.4, -0.2) is 34.9 Å². The molecule has 0 radical (unpaired) electrons. The van der Waals surface area contributed by atoms with Crippen molar-refractivity contribution in [2.24, 2.45) is 0 Å². The van der Waals surface area contributed by atoms with Gasteiger partial charge in [0.15, 0.2) is 0 Å². The molecule has 1 unspecified atom stereocenters. The summed E-state index contributed by atoms with van der Waals surface area (Å²) >= 11 is 0. The Balaban J connectivity index is 1.20. The number of rotatable bonds is 10. The van der Waals surface area contributed by atoms with Crippen molar-refractivity contribution in [2.75, 3.05) is 12.0 Å². The van der Waals surface area contributed by atoms with Crippen molar-refractivity contribution < 1.29 is 14.3 Å². The number of carbonyl (C=O) groups excluding carboxylic acids is 2. The Morgan fingerprint density at radius 3 is 1.83 bits per heavy atom. The standard InChI is InChI=1S/C45H42N4O3/c1-52-35-26-24-31(25-27-35)43(44(50)48-33-12-4-2-5-13-33)49(34-14-6-3-7-15-34)45(51)32-22-20-30(21-23-32)42(38-28-46-40-18-10-8-16-36(38)40)39-29-47-41-19-11-9-17-37(39)41/h3,6-11,14-29,33,42-43,46-47H,2,4-5,12-13H2,1H3,(H,48,50). The number of hydrogen-bond acceptors (Lipinski definition) is 3. The molecule has 0 spiro atoms. The summed E-state index contributed by atoms with van der Waals surface area (Å²) < 4.78 is 5.44. The van der Waals surface area contributed by atoms with Crippen LogP contribution in [0.15, 0.2) is 140 Å². The molecule has 8 rings (SSSR count). The third-order valence-corrected chi connectivity index (χ3v) is 10.5. The lowest BCUT2D eigenvalue weighted by Crippen LogP contribution is -2.47. The average molecular weight is 687 g/mol. The summed E-state index contributed by atoms with van der Waals surface area (Å²) in [5.74, 6) is 0.135. The van der Waals surface area contributed by atoms with E-state index in [1.54, 1.807) is 12.0 Å². The largest absolute Gasteiger partial charge is 0.497 e. The van der Waals surface area contributed by atoms with E-state index >= 15 is 0 Å². The summed E-state index contributed by atoms with van der Waals surface area (Å²) in [7, 11) is 1.62. The Labute approximate surface area is 303 Å². The van der Waals surface area contributed by atoms with Crippen LogP contribution in [0.5, 0.6) is 5.75 Å². The van der Waals surface area contributed by atoms with Crippen LogP contribution in [0.2, 0.25) is 0 Å². The predicted molar refractivity (Wildman–Crippen MR) is 208 cm³/mol. The topological polar surface area (TPSA) is 90.2 Å². The molecule has 1 atom stereocenters. The van der Waals surface area contributed by atoms with Crippen LogP contribution >= 0.6 is 0 Å². The molecule has 0 aliphatic heterocycles. The summed E-state index contributed by atoms with van der Waals surface area (Å²) in [6.45, 7) is 0. The van der Waals surface area contributed by atoms with Crippen molar-refractivity contribution in [2.45, 2.75) is 50.1 Å². The molecule has 260 valence electrons. The first-order chi connectivity index (χ1) is 25.6. The van der Waals surface area contributed by atoms with Crippen LogP contribution in [0.4, 0.5) is 5.69 Å². The Hall–Kier alpha value is -6.08. The summed E-state index contributed by atoms with van der Waals surface area (Å²) in [5, 5.41) is 5.62. The first-order valence-electron chi connectivity index (χ1n) is 18.1. The van der Waals surface area contributed by atoms with E-state index < -0.39 is 6.04 Å². The van der Waals surface area contributed by atoms with Gasteiger partial charge in [0.2, 0.25) is 5.91 Å². The number of aromatic amines is 2. The average Bonchev–Trinajstić information content (AvgIpc) is 3.83. The van der Waals surface area contributed by atoms with E-state index in [4.69, 9.17) is 4.74 Å². The van der Waals surface area contributed by atoms with Crippen LogP contribution in [0.3, 0.4) is 0 Å². The maximum absolute atomic E-state index is 14.9. The molecule has 2 aromatic heterocycles. The van der Waals surface area contributed by atoms with Gasteiger partial charge in [-0.2, -0.15) is 0 Å². The second-order valence-corrected chi connectivity index (χ2v) is 13.7. The first-order valence-corrected chi connectivity index (χ1v) is 18.1. The van der Waals surface area contributed by atoms with E-state index in [1.165, 1.54) is 6.42 Å². The minimum Gasteiger partial charge on any atom is -0.497 e. The zero-order valence-electron chi connectivity index (χ0n) is 29.2. The number of amides is 2. The molecule has 5 aromatic carbocycles.